The summed E-state index contributed by atoms with van der Waals surface area (Å²) in [4.78, 5) is 46.7. The summed E-state index contributed by atoms with van der Waals surface area (Å²) in [7, 11) is 1.31. The second kappa shape index (κ2) is 8.85. The van der Waals surface area contributed by atoms with Crippen LogP contribution < -0.4 is 0 Å². The molecule has 170 valence electrons. The molecule has 4 unspecified atom stereocenters. The molecule has 1 saturated heterocycles. The maximum Gasteiger partial charge on any atom is 0.310 e. The Labute approximate surface area is 181 Å². The van der Waals surface area contributed by atoms with Crippen molar-refractivity contribution in [3.63, 3.8) is 0 Å². The number of cyclic esters (lactones) is 1. The molecular formula is C23H30O8. The van der Waals surface area contributed by atoms with Gasteiger partial charge in [-0.1, -0.05) is 13.8 Å². The fraction of sp³-hybridized carbons (Fsp3) is 0.652. The molecule has 3 aliphatic rings. The number of hydrogen-bond acceptors (Lipinski definition) is 8. The minimum Gasteiger partial charge on any atom is -0.472 e. The van der Waals surface area contributed by atoms with Crippen LogP contribution in [0.15, 0.2) is 23.0 Å². The number of methoxy groups -OCH3 is 1. The van der Waals surface area contributed by atoms with Gasteiger partial charge in [-0.15, -0.1) is 0 Å². The molecule has 8 nitrogen and oxygen atoms in total. The smallest absolute Gasteiger partial charge is 0.310 e. The van der Waals surface area contributed by atoms with E-state index >= 15 is 0 Å². The van der Waals surface area contributed by atoms with Crippen LogP contribution in [0.2, 0.25) is 0 Å². The van der Waals surface area contributed by atoms with Crippen molar-refractivity contribution in [2.75, 3.05) is 7.11 Å². The molecule has 4 rings (SSSR count). The average molecular weight is 434 g/mol. The van der Waals surface area contributed by atoms with E-state index in [4.69, 9.17) is 18.7 Å². The fourth-order valence-corrected chi connectivity index (χ4v) is 5.94. The summed E-state index contributed by atoms with van der Waals surface area (Å²) in [5.74, 6) is -1.34. The molecule has 3 fully saturated rings. The molecule has 0 spiro atoms. The molecule has 1 aliphatic heterocycles. The van der Waals surface area contributed by atoms with Gasteiger partial charge in [-0.2, -0.15) is 0 Å². The van der Waals surface area contributed by atoms with E-state index < -0.39 is 23.6 Å². The van der Waals surface area contributed by atoms with Gasteiger partial charge in [0, 0.05) is 18.4 Å². The molecule has 2 heterocycles. The molecule has 6 atom stereocenters. The van der Waals surface area contributed by atoms with Crippen molar-refractivity contribution in [2.24, 2.45) is 22.7 Å². The maximum atomic E-state index is 13.4. The lowest BCUT2D eigenvalue weighted by Gasteiger charge is -2.59. The number of carbonyl (C=O) groups excluding carboxylic acids is 4. The molecule has 0 radical (unpaired) electrons. The van der Waals surface area contributed by atoms with Gasteiger partial charge in [-0.25, -0.2) is 0 Å². The second-order valence-corrected chi connectivity index (χ2v) is 9.24. The van der Waals surface area contributed by atoms with Gasteiger partial charge in [0.2, 0.25) is 0 Å². The van der Waals surface area contributed by atoms with Gasteiger partial charge in [0.05, 0.1) is 25.6 Å². The van der Waals surface area contributed by atoms with Crippen molar-refractivity contribution in [1.82, 2.24) is 0 Å². The highest BCUT2D eigenvalue weighted by atomic mass is 16.6. The summed E-state index contributed by atoms with van der Waals surface area (Å²) in [5, 5.41) is 0. The topological polar surface area (TPSA) is 109 Å². The summed E-state index contributed by atoms with van der Waals surface area (Å²) in [6, 6.07) is 1.80. The van der Waals surface area contributed by atoms with Crippen LogP contribution in [0.3, 0.4) is 0 Å². The van der Waals surface area contributed by atoms with Gasteiger partial charge in [-0.3, -0.25) is 19.2 Å². The molecule has 0 amide bonds. The lowest BCUT2D eigenvalue weighted by molar-refractivity contribution is -0.201. The van der Waals surface area contributed by atoms with Crippen molar-refractivity contribution >= 4 is 24.2 Å². The largest absolute Gasteiger partial charge is 0.472 e. The summed E-state index contributed by atoms with van der Waals surface area (Å²) in [6.45, 7) is 5.90. The zero-order valence-electron chi connectivity index (χ0n) is 18.4. The predicted molar refractivity (Wildman–Crippen MR) is 107 cm³/mol. The van der Waals surface area contributed by atoms with Crippen LogP contribution in [0.25, 0.3) is 0 Å². The highest BCUT2D eigenvalue weighted by Crippen LogP contribution is 2.63. The number of rotatable bonds is 3. The van der Waals surface area contributed by atoms with Gasteiger partial charge >= 0.3 is 11.9 Å². The van der Waals surface area contributed by atoms with Crippen molar-refractivity contribution < 1.29 is 37.8 Å². The standard InChI is InChI=1S/C21H26O6.C2H4O2/c1-12(22)26-15-5-8-20(2)7-4-14-19(24)27-16(13-6-9-25-11-13)10-21(14,3)18(20)17(15)23;1-4-2-3/h6,9,11,14-16,18H,4-5,7-8,10H2,1-3H3;2H,1H3/t14?,15?,16?,18?,20-,21-;/m0./s1. The Bertz CT molecular complexity index is 831. The highest BCUT2D eigenvalue weighted by Gasteiger charge is 2.64. The summed E-state index contributed by atoms with van der Waals surface area (Å²) < 4.78 is 20.1. The first-order valence-corrected chi connectivity index (χ1v) is 10.6. The average Bonchev–Trinajstić information content (AvgIpc) is 3.24. The Hall–Kier alpha value is -2.64. The number of hydrogen-bond donors (Lipinski definition) is 0. The predicted octanol–water partition coefficient (Wildman–Crippen LogP) is 3.39. The number of carbonyl (C=O) groups is 4. The SMILES string of the molecule is CC(=O)OC1CC[C@]2(C)CCC3C(=O)OC(c4ccoc4)C[C@]3(C)C2C1=O.COC=O. The third kappa shape index (κ3) is 4.25. The van der Waals surface area contributed by atoms with E-state index in [1.807, 2.05) is 6.92 Å². The fourth-order valence-electron chi connectivity index (χ4n) is 5.94. The van der Waals surface area contributed by atoms with Crippen LogP contribution in [0.1, 0.15) is 64.5 Å². The van der Waals surface area contributed by atoms with E-state index in [2.05, 4.69) is 11.7 Å². The van der Waals surface area contributed by atoms with Gasteiger partial charge in [-0.05, 0) is 49.0 Å². The second-order valence-electron chi connectivity index (χ2n) is 9.24. The monoisotopic (exact) mass is 434 g/mol. The number of fused-ring (bicyclic) bond motifs is 3. The maximum absolute atomic E-state index is 13.4. The number of Topliss-reactive ketones (excluding diaryl/α,β-unsaturated/α-hetero) is 1. The van der Waals surface area contributed by atoms with E-state index in [-0.39, 0.29) is 29.0 Å². The van der Waals surface area contributed by atoms with Gasteiger partial charge in [0.15, 0.2) is 11.9 Å². The normalized spacial score (nSPS) is 36.6. The molecule has 1 aromatic heterocycles. The zero-order chi connectivity index (χ0) is 22.8. The van der Waals surface area contributed by atoms with E-state index in [1.165, 1.54) is 14.0 Å². The molecule has 31 heavy (non-hydrogen) atoms. The van der Waals surface area contributed by atoms with E-state index in [0.29, 0.717) is 19.3 Å². The van der Waals surface area contributed by atoms with Crippen molar-refractivity contribution in [3.05, 3.63) is 24.2 Å². The van der Waals surface area contributed by atoms with Gasteiger partial charge in [0.1, 0.15) is 6.10 Å². The Kier molecular flexibility index (Phi) is 6.57. The van der Waals surface area contributed by atoms with Crippen molar-refractivity contribution in [2.45, 2.75) is 65.1 Å². The van der Waals surface area contributed by atoms with Crippen LogP contribution in [-0.4, -0.2) is 37.4 Å². The Morgan fingerprint density at radius 2 is 1.90 bits per heavy atom. The highest BCUT2D eigenvalue weighted by molar-refractivity contribution is 5.90. The van der Waals surface area contributed by atoms with E-state index in [1.54, 1.807) is 18.6 Å². The molecule has 2 aliphatic carbocycles. The van der Waals surface area contributed by atoms with E-state index in [9.17, 15) is 14.4 Å². The summed E-state index contributed by atoms with van der Waals surface area (Å²) >= 11 is 0. The first kappa shape index (κ1) is 23.0. The third-order valence-corrected chi connectivity index (χ3v) is 7.22. The molecular weight excluding hydrogens is 404 g/mol. The van der Waals surface area contributed by atoms with Crippen LogP contribution in [0.4, 0.5) is 0 Å². The van der Waals surface area contributed by atoms with Crippen LogP contribution in [0, 0.1) is 22.7 Å². The summed E-state index contributed by atoms with van der Waals surface area (Å²) in [6.07, 6.45) is 5.51. The lowest BCUT2D eigenvalue weighted by Crippen LogP contribution is -2.61. The Morgan fingerprint density at radius 1 is 1.23 bits per heavy atom. The quantitative estimate of drug-likeness (QED) is 0.405. The summed E-state index contributed by atoms with van der Waals surface area (Å²) in [5.41, 5.74) is 0.104. The molecule has 8 heteroatoms. The molecule has 2 saturated carbocycles. The molecule has 0 N–H and O–H groups in total. The minimum atomic E-state index is -0.707. The van der Waals surface area contributed by atoms with Crippen LogP contribution in [-0.2, 0) is 33.4 Å². The van der Waals surface area contributed by atoms with Crippen molar-refractivity contribution in [1.29, 1.82) is 0 Å². The molecule has 0 aromatic carbocycles. The number of ether oxygens (including phenoxy) is 3. The first-order valence-electron chi connectivity index (χ1n) is 10.6. The minimum absolute atomic E-state index is 0.0354. The van der Waals surface area contributed by atoms with Gasteiger partial charge < -0.3 is 18.6 Å². The number of esters is 2. The Morgan fingerprint density at radius 3 is 2.48 bits per heavy atom. The first-order chi connectivity index (χ1) is 14.7. The number of furan rings is 1. The van der Waals surface area contributed by atoms with Crippen LogP contribution >= 0.6 is 0 Å². The Balaban J connectivity index is 0.000000628. The molecule has 0 bridgehead atoms. The number of ketones is 1. The molecule has 1 aromatic rings. The van der Waals surface area contributed by atoms with Gasteiger partial charge in [0.25, 0.3) is 6.47 Å². The van der Waals surface area contributed by atoms with E-state index in [0.717, 1.165) is 24.8 Å². The lowest BCUT2D eigenvalue weighted by atomic mass is 9.45. The van der Waals surface area contributed by atoms with Crippen LogP contribution in [0.5, 0.6) is 0 Å². The zero-order valence-corrected chi connectivity index (χ0v) is 18.4. The van der Waals surface area contributed by atoms with Crippen molar-refractivity contribution in [3.8, 4) is 0 Å². The third-order valence-electron chi connectivity index (χ3n) is 7.22.